The van der Waals surface area contributed by atoms with Gasteiger partial charge in [-0.1, -0.05) is 36.4 Å². The Balaban J connectivity index is 1.66. The van der Waals surface area contributed by atoms with E-state index < -0.39 is 17.4 Å². The molecule has 8 nitrogen and oxygen atoms in total. The van der Waals surface area contributed by atoms with Crippen LogP contribution in [0.15, 0.2) is 72.8 Å². The van der Waals surface area contributed by atoms with Crippen LogP contribution in [0.3, 0.4) is 0 Å². The number of piperidine rings is 1. The van der Waals surface area contributed by atoms with Crippen LogP contribution in [-0.4, -0.2) is 58.6 Å². The third kappa shape index (κ3) is 5.11. The van der Waals surface area contributed by atoms with Gasteiger partial charge >= 0.3 is 11.8 Å². The highest BCUT2D eigenvalue weighted by molar-refractivity contribution is 5.94. The molecule has 37 heavy (non-hydrogen) atoms. The number of ether oxygens (including phenoxy) is 3. The quantitative estimate of drug-likeness (QED) is 0.442. The minimum absolute atomic E-state index is 0.0705. The van der Waals surface area contributed by atoms with Gasteiger partial charge in [0.15, 0.2) is 5.60 Å². The van der Waals surface area contributed by atoms with Gasteiger partial charge in [0.2, 0.25) is 0 Å². The van der Waals surface area contributed by atoms with Crippen LogP contribution < -0.4 is 14.2 Å². The van der Waals surface area contributed by atoms with Crippen LogP contribution in [-0.2, 0) is 4.79 Å². The van der Waals surface area contributed by atoms with Gasteiger partial charge < -0.3 is 29.3 Å². The fourth-order valence-corrected chi connectivity index (χ4v) is 4.47. The Morgan fingerprint density at radius 1 is 0.838 bits per heavy atom. The molecule has 1 heterocycles. The number of amides is 1. The lowest BCUT2D eigenvalue weighted by atomic mass is 9.82. The van der Waals surface area contributed by atoms with Crippen LogP contribution in [0, 0.1) is 13.8 Å². The van der Waals surface area contributed by atoms with Crippen LogP contribution in [0.2, 0.25) is 0 Å². The van der Waals surface area contributed by atoms with E-state index in [1.807, 2.05) is 12.1 Å². The van der Waals surface area contributed by atoms with Crippen molar-refractivity contribution >= 4 is 11.9 Å². The Hall–Kier alpha value is -4.04. The number of rotatable bonds is 8. The van der Waals surface area contributed by atoms with Gasteiger partial charge in [0, 0.05) is 31.5 Å². The topological polar surface area (TPSA) is 106 Å². The van der Waals surface area contributed by atoms with E-state index in [-0.39, 0.29) is 43.3 Å². The molecular weight excluding hydrogens is 474 g/mol. The summed E-state index contributed by atoms with van der Waals surface area (Å²) in [6.07, 6.45) is -0.141. The lowest BCUT2D eigenvalue weighted by molar-refractivity contribution is -0.255. The molecule has 0 aliphatic carbocycles. The molecule has 1 amide bonds. The second-order valence-corrected chi connectivity index (χ2v) is 9.21. The average Bonchev–Trinajstić information content (AvgIpc) is 2.90. The Bertz CT molecular complexity index is 1220. The first-order valence-corrected chi connectivity index (χ1v) is 12.1. The number of benzene rings is 3. The van der Waals surface area contributed by atoms with Crippen molar-refractivity contribution in [2.45, 2.75) is 38.1 Å². The zero-order valence-corrected chi connectivity index (χ0v) is 21.1. The first-order valence-electron chi connectivity index (χ1n) is 12.1. The highest BCUT2D eigenvalue weighted by Gasteiger charge is 2.63. The summed E-state index contributed by atoms with van der Waals surface area (Å²) in [5.74, 6) is -2.94. The molecule has 0 spiro atoms. The molecular formula is C29H31NO7. The predicted octanol–water partition coefficient (Wildman–Crippen LogP) is 4.22. The number of methoxy groups -OCH3 is 1. The van der Waals surface area contributed by atoms with E-state index in [0.717, 1.165) is 0 Å². The number of likely N-dealkylation sites (tertiary alicyclic amines) is 1. The largest absolute Gasteiger partial charge is 0.497 e. The van der Waals surface area contributed by atoms with Gasteiger partial charge in [-0.25, -0.2) is 4.79 Å². The summed E-state index contributed by atoms with van der Waals surface area (Å²) in [6.45, 7) is 3.81. The summed E-state index contributed by atoms with van der Waals surface area (Å²) >= 11 is 0. The molecule has 1 aliphatic heterocycles. The Kier molecular flexibility index (Phi) is 7.40. The maximum absolute atomic E-state index is 13.1. The molecule has 1 aliphatic rings. The fourth-order valence-electron chi connectivity index (χ4n) is 4.47. The van der Waals surface area contributed by atoms with Crippen molar-refractivity contribution in [2.75, 3.05) is 20.2 Å². The highest BCUT2D eigenvalue weighted by atomic mass is 16.7. The number of hydrogen-bond donors (Lipinski definition) is 2. The summed E-state index contributed by atoms with van der Waals surface area (Å²) in [5, 5.41) is 22.5. The second-order valence-electron chi connectivity index (χ2n) is 9.21. The van der Waals surface area contributed by atoms with Gasteiger partial charge in [-0.15, -0.1) is 0 Å². The smallest absolute Gasteiger partial charge is 0.393 e. The first kappa shape index (κ1) is 26.0. The van der Waals surface area contributed by atoms with Crippen LogP contribution >= 0.6 is 0 Å². The molecule has 2 N–H and O–H groups in total. The number of carboxylic acids is 1. The average molecular weight is 506 g/mol. The summed E-state index contributed by atoms with van der Waals surface area (Å²) < 4.78 is 17.4. The normalized spacial score (nSPS) is 15.1. The third-order valence-corrected chi connectivity index (χ3v) is 6.80. The minimum Gasteiger partial charge on any atom is -0.497 e. The number of carbonyl (C=O) groups excluding carboxylic acids is 1. The molecule has 3 aromatic carbocycles. The summed E-state index contributed by atoms with van der Waals surface area (Å²) in [6, 6.07) is 20.7. The summed E-state index contributed by atoms with van der Waals surface area (Å²) in [7, 11) is 1.55. The monoisotopic (exact) mass is 505 g/mol. The first-order chi connectivity index (χ1) is 17.7. The van der Waals surface area contributed by atoms with Gasteiger partial charge in [-0.2, -0.15) is 0 Å². The molecule has 8 heteroatoms. The number of para-hydroxylation sites is 2. The van der Waals surface area contributed by atoms with Crippen molar-refractivity contribution in [2.24, 2.45) is 0 Å². The molecule has 0 bridgehead atoms. The highest BCUT2D eigenvalue weighted by Crippen LogP contribution is 2.40. The molecule has 194 valence electrons. The number of carboxylic acid groups (broad SMARTS) is 1. The van der Waals surface area contributed by atoms with Gasteiger partial charge in [0.25, 0.3) is 5.91 Å². The fraction of sp³-hybridized carbons (Fsp3) is 0.310. The number of nitrogens with zero attached hydrogens (tertiary/aromatic N) is 1. The maximum atomic E-state index is 13.1. The van der Waals surface area contributed by atoms with E-state index in [0.29, 0.717) is 22.4 Å². The van der Waals surface area contributed by atoms with Crippen molar-refractivity contribution in [1.29, 1.82) is 0 Å². The summed E-state index contributed by atoms with van der Waals surface area (Å²) in [4.78, 5) is 27.6. The van der Waals surface area contributed by atoms with Gasteiger partial charge in [-0.3, -0.25) is 4.79 Å². The zero-order chi connectivity index (χ0) is 26.6. The molecule has 3 aromatic rings. The number of carbonyl (C=O) groups is 2. The molecule has 0 unspecified atom stereocenters. The van der Waals surface area contributed by atoms with Crippen LogP contribution in [0.5, 0.6) is 17.2 Å². The molecule has 0 atom stereocenters. The molecule has 0 aromatic heterocycles. The molecule has 1 fully saturated rings. The van der Waals surface area contributed by atoms with Crippen LogP contribution in [0.4, 0.5) is 0 Å². The third-order valence-electron chi connectivity index (χ3n) is 6.80. The van der Waals surface area contributed by atoms with E-state index in [4.69, 9.17) is 14.2 Å². The van der Waals surface area contributed by atoms with Crippen molar-refractivity contribution in [3.8, 4) is 17.2 Å². The molecule has 0 saturated carbocycles. The van der Waals surface area contributed by atoms with Crippen molar-refractivity contribution in [3.05, 3.63) is 89.5 Å². The molecule has 4 rings (SSSR count). The number of aryl methyl sites for hydroxylation is 2. The van der Waals surface area contributed by atoms with Crippen LogP contribution in [0.25, 0.3) is 0 Å². The second kappa shape index (κ2) is 10.5. The predicted molar refractivity (Wildman–Crippen MR) is 137 cm³/mol. The van der Waals surface area contributed by atoms with Crippen LogP contribution in [0.1, 0.15) is 34.3 Å². The van der Waals surface area contributed by atoms with E-state index in [1.54, 1.807) is 86.5 Å². The van der Waals surface area contributed by atoms with E-state index in [1.165, 1.54) is 0 Å². The molecule has 0 radical (unpaired) electrons. The van der Waals surface area contributed by atoms with Gasteiger partial charge in [-0.05, 0) is 61.4 Å². The summed E-state index contributed by atoms with van der Waals surface area (Å²) in [5.41, 5.74) is -0.0856. The minimum atomic E-state index is -2.46. The van der Waals surface area contributed by atoms with Crippen molar-refractivity contribution in [3.63, 3.8) is 0 Å². The van der Waals surface area contributed by atoms with E-state index in [2.05, 4.69) is 0 Å². The standard InChI is InChI=1S/C29H31NO7/c1-20-8-4-6-10-24(20)36-29(27(32)33,37-25-11-7-5-9-21(25)2)28(34)16-18-30(19-17-28)26(31)22-12-14-23(35-3)15-13-22/h4-15,34H,16-19H2,1-3H3,(H,32,33). The van der Waals surface area contributed by atoms with Crippen molar-refractivity contribution < 1.29 is 34.0 Å². The lowest BCUT2D eigenvalue weighted by Crippen LogP contribution is -2.69. The van der Waals surface area contributed by atoms with Gasteiger partial charge in [0.1, 0.15) is 17.2 Å². The zero-order valence-electron chi connectivity index (χ0n) is 21.1. The number of aliphatic carboxylic acids is 1. The van der Waals surface area contributed by atoms with Gasteiger partial charge in [0.05, 0.1) is 7.11 Å². The Labute approximate surface area is 216 Å². The lowest BCUT2D eigenvalue weighted by Gasteiger charge is -2.47. The maximum Gasteiger partial charge on any atom is 0.393 e. The Morgan fingerprint density at radius 3 is 1.76 bits per heavy atom. The van der Waals surface area contributed by atoms with E-state index in [9.17, 15) is 19.8 Å². The Morgan fingerprint density at radius 2 is 1.32 bits per heavy atom. The number of aliphatic hydroxyl groups is 1. The van der Waals surface area contributed by atoms with Crippen molar-refractivity contribution in [1.82, 2.24) is 4.90 Å². The number of hydrogen-bond acceptors (Lipinski definition) is 6. The SMILES string of the molecule is COc1ccc(C(=O)N2CCC(O)(C(Oc3ccccc3C)(Oc3ccccc3C)C(=O)O)CC2)cc1. The van der Waals surface area contributed by atoms with E-state index >= 15 is 0 Å². The molecule has 1 saturated heterocycles.